The van der Waals surface area contributed by atoms with Crippen molar-refractivity contribution in [3.63, 3.8) is 0 Å². The van der Waals surface area contributed by atoms with E-state index in [-0.39, 0.29) is 0 Å². The summed E-state index contributed by atoms with van der Waals surface area (Å²) in [5.41, 5.74) is 7.58. The lowest BCUT2D eigenvalue weighted by molar-refractivity contribution is -0.137. The lowest BCUT2D eigenvalue weighted by atomic mass is 10.1. The fraction of sp³-hybridized carbons (Fsp3) is 0.111. The number of nitrogens with two attached hydrogens (primary N) is 1. The number of rotatable bonds is 4. The molecule has 0 atom stereocenters. The Morgan fingerprint density at radius 1 is 0.864 bits per heavy atom. The lowest BCUT2D eigenvalue weighted by Crippen LogP contribution is -2.03. The quantitative estimate of drug-likeness (QED) is 0.751. The fourth-order valence-electron chi connectivity index (χ4n) is 1.92. The van der Waals surface area contributed by atoms with Crippen LogP contribution in [0.5, 0.6) is 0 Å². The van der Waals surface area contributed by atoms with Gasteiger partial charge in [-0.3, -0.25) is 0 Å². The molecule has 0 fully saturated rings. The predicted octanol–water partition coefficient (Wildman–Crippen LogP) is 5.40. The van der Waals surface area contributed by atoms with Gasteiger partial charge in [-0.25, -0.2) is 0 Å². The highest BCUT2D eigenvalue weighted by Crippen LogP contribution is 2.29. The van der Waals surface area contributed by atoms with Crippen LogP contribution in [0.3, 0.4) is 0 Å². The molecule has 1 nitrogen and oxygen atoms in total. The normalized spacial score (nSPS) is 12.3. The van der Waals surface area contributed by atoms with Crippen molar-refractivity contribution in [2.24, 2.45) is 0 Å². The van der Waals surface area contributed by atoms with Gasteiger partial charge in [-0.1, -0.05) is 54.6 Å². The Bertz CT molecular complexity index is 667. The summed E-state index contributed by atoms with van der Waals surface area (Å²) in [5, 5.41) is 0. The summed E-state index contributed by atoms with van der Waals surface area (Å²) in [4.78, 5) is 0. The molecule has 0 aliphatic carbocycles. The molecule has 0 amide bonds. The summed E-state index contributed by atoms with van der Waals surface area (Å²) >= 11 is 0. The van der Waals surface area contributed by atoms with E-state index in [2.05, 4.69) is 0 Å². The van der Waals surface area contributed by atoms with E-state index < -0.39 is 11.7 Å². The first-order chi connectivity index (χ1) is 10.5. The van der Waals surface area contributed by atoms with Gasteiger partial charge in [0.1, 0.15) is 0 Å². The summed E-state index contributed by atoms with van der Waals surface area (Å²) in [5.74, 6) is 0. The molecule has 2 aromatic carbocycles. The van der Waals surface area contributed by atoms with Crippen molar-refractivity contribution in [3.8, 4) is 0 Å². The molecule has 4 heteroatoms. The van der Waals surface area contributed by atoms with E-state index in [1.165, 1.54) is 12.1 Å². The van der Waals surface area contributed by atoms with Gasteiger partial charge < -0.3 is 5.73 Å². The standard InChI is InChI=1S/C18H16F3N/c19-18(20,21)16-12-10-14(11-13-16)6-2-1-3-7-15-8-4-5-9-17(15)22/h2-13H,1,22H2/b6-2+,7-3-. The highest BCUT2D eigenvalue weighted by atomic mass is 19.4. The Morgan fingerprint density at radius 2 is 1.50 bits per heavy atom. The zero-order valence-electron chi connectivity index (χ0n) is 11.8. The van der Waals surface area contributed by atoms with Crippen molar-refractivity contribution in [1.82, 2.24) is 0 Å². The van der Waals surface area contributed by atoms with Crippen molar-refractivity contribution in [2.45, 2.75) is 12.6 Å². The van der Waals surface area contributed by atoms with Gasteiger partial charge in [-0.05, 0) is 35.7 Å². The van der Waals surface area contributed by atoms with Gasteiger partial charge in [-0.15, -0.1) is 0 Å². The number of hydrogen-bond donors (Lipinski definition) is 1. The van der Waals surface area contributed by atoms with E-state index in [0.29, 0.717) is 12.1 Å². The molecule has 0 bridgehead atoms. The third kappa shape index (κ3) is 4.52. The molecule has 0 aliphatic rings. The second kappa shape index (κ2) is 6.98. The van der Waals surface area contributed by atoms with Crippen molar-refractivity contribution in [2.75, 3.05) is 5.73 Å². The topological polar surface area (TPSA) is 26.0 Å². The first-order valence-corrected chi connectivity index (χ1v) is 6.81. The maximum atomic E-state index is 12.4. The number of halogens is 3. The number of para-hydroxylation sites is 1. The van der Waals surface area contributed by atoms with Gasteiger partial charge in [0, 0.05) is 5.69 Å². The molecule has 114 valence electrons. The zero-order valence-corrected chi connectivity index (χ0v) is 11.8. The Hall–Kier alpha value is -2.49. The number of nitrogen functional groups attached to an aromatic ring is 1. The van der Waals surface area contributed by atoms with E-state index in [9.17, 15) is 13.2 Å². The molecular formula is C18H16F3N. The van der Waals surface area contributed by atoms with Gasteiger partial charge in [0.05, 0.1) is 5.56 Å². The summed E-state index contributed by atoms with van der Waals surface area (Å²) in [6.07, 6.45) is 3.94. The SMILES string of the molecule is Nc1ccccc1/C=C\C/C=C/c1ccc(C(F)(F)F)cc1. The van der Waals surface area contributed by atoms with Crippen LogP contribution in [0, 0.1) is 0 Å². The first-order valence-electron chi connectivity index (χ1n) is 6.81. The number of allylic oxidation sites excluding steroid dienone is 2. The largest absolute Gasteiger partial charge is 0.416 e. The maximum Gasteiger partial charge on any atom is 0.416 e. The van der Waals surface area contributed by atoms with Crippen LogP contribution in [0.25, 0.3) is 12.2 Å². The molecule has 0 saturated heterocycles. The average Bonchev–Trinajstić information content (AvgIpc) is 2.48. The average molecular weight is 303 g/mol. The third-order valence-electron chi connectivity index (χ3n) is 3.11. The Labute approximate surface area is 127 Å². The van der Waals surface area contributed by atoms with Crippen molar-refractivity contribution >= 4 is 17.8 Å². The molecule has 0 aromatic heterocycles. The predicted molar refractivity (Wildman–Crippen MR) is 85.0 cm³/mol. The Morgan fingerprint density at radius 3 is 2.14 bits per heavy atom. The molecular weight excluding hydrogens is 287 g/mol. The van der Waals surface area contributed by atoms with E-state index in [0.717, 1.165) is 23.3 Å². The van der Waals surface area contributed by atoms with Gasteiger partial charge in [0.15, 0.2) is 0 Å². The molecule has 0 aliphatic heterocycles. The molecule has 0 unspecified atom stereocenters. The monoisotopic (exact) mass is 303 g/mol. The summed E-state index contributed by atoms with van der Waals surface area (Å²) in [6.45, 7) is 0. The third-order valence-corrected chi connectivity index (χ3v) is 3.11. The second-order valence-electron chi connectivity index (χ2n) is 4.79. The van der Waals surface area contributed by atoms with Gasteiger partial charge in [0.2, 0.25) is 0 Å². The Kier molecular flexibility index (Phi) is 5.04. The number of hydrogen-bond acceptors (Lipinski definition) is 1. The van der Waals surface area contributed by atoms with Crippen LogP contribution >= 0.6 is 0 Å². The maximum absolute atomic E-state index is 12.4. The molecule has 22 heavy (non-hydrogen) atoms. The minimum Gasteiger partial charge on any atom is -0.398 e. The van der Waals surface area contributed by atoms with Crippen molar-refractivity contribution < 1.29 is 13.2 Å². The van der Waals surface area contributed by atoms with Crippen molar-refractivity contribution in [1.29, 1.82) is 0 Å². The highest BCUT2D eigenvalue weighted by Gasteiger charge is 2.29. The van der Waals surface area contributed by atoms with Crippen molar-refractivity contribution in [3.05, 3.63) is 77.4 Å². The van der Waals surface area contributed by atoms with E-state index in [1.807, 2.05) is 42.5 Å². The molecule has 0 heterocycles. The second-order valence-corrected chi connectivity index (χ2v) is 4.79. The minimum absolute atomic E-state index is 0.635. The van der Waals surface area contributed by atoms with E-state index >= 15 is 0 Å². The van der Waals surface area contributed by atoms with Crippen LogP contribution in [0.1, 0.15) is 23.1 Å². The van der Waals surface area contributed by atoms with Crippen LogP contribution in [0.15, 0.2) is 60.7 Å². The van der Waals surface area contributed by atoms with Gasteiger partial charge in [0.25, 0.3) is 0 Å². The minimum atomic E-state index is -4.29. The number of anilines is 1. The molecule has 2 N–H and O–H groups in total. The van der Waals surface area contributed by atoms with E-state index in [1.54, 1.807) is 6.08 Å². The summed E-state index contributed by atoms with van der Waals surface area (Å²) in [7, 11) is 0. The smallest absolute Gasteiger partial charge is 0.398 e. The first kappa shape index (κ1) is 15.9. The zero-order chi connectivity index (χ0) is 16.0. The molecule has 0 saturated carbocycles. The number of alkyl halides is 3. The van der Waals surface area contributed by atoms with Crippen LogP contribution in [-0.2, 0) is 6.18 Å². The van der Waals surface area contributed by atoms with Crippen LogP contribution in [0.2, 0.25) is 0 Å². The van der Waals surface area contributed by atoms with Gasteiger partial charge >= 0.3 is 6.18 Å². The lowest BCUT2D eigenvalue weighted by Gasteiger charge is -2.05. The van der Waals surface area contributed by atoms with Crippen LogP contribution < -0.4 is 5.73 Å². The Balaban J connectivity index is 1.92. The summed E-state index contributed by atoms with van der Waals surface area (Å²) in [6, 6.07) is 12.6. The molecule has 0 spiro atoms. The fourth-order valence-corrected chi connectivity index (χ4v) is 1.92. The van der Waals surface area contributed by atoms with Crippen LogP contribution in [-0.4, -0.2) is 0 Å². The molecule has 2 aromatic rings. The van der Waals surface area contributed by atoms with E-state index in [4.69, 9.17) is 5.73 Å². The van der Waals surface area contributed by atoms with Gasteiger partial charge in [-0.2, -0.15) is 13.2 Å². The molecule has 2 rings (SSSR count). The number of benzene rings is 2. The van der Waals surface area contributed by atoms with Crippen LogP contribution in [0.4, 0.5) is 18.9 Å². The highest BCUT2D eigenvalue weighted by molar-refractivity contribution is 5.64. The summed E-state index contributed by atoms with van der Waals surface area (Å²) < 4.78 is 37.3. The molecule has 0 radical (unpaired) electrons.